The van der Waals surface area contributed by atoms with E-state index in [1.165, 1.54) is 16.2 Å². The fourth-order valence-corrected chi connectivity index (χ4v) is 4.16. The number of piperazine rings is 1. The molecule has 1 aromatic heterocycles. The van der Waals surface area contributed by atoms with Crippen LogP contribution in [0.2, 0.25) is 5.02 Å². The zero-order chi connectivity index (χ0) is 19.4. The quantitative estimate of drug-likeness (QED) is 0.770. The maximum Gasteiger partial charge on any atom is 0.209 e. The molecule has 1 atom stereocenters. The third-order valence-corrected chi connectivity index (χ3v) is 5.60. The van der Waals surface area contributed by atoms with E-state index in [0.717, 1.165) is 37.0 Å². The predicted octanol–water partition coefficient (Wildman–Crippen LogP) is 1.38. The average Bonchev–Trinajstić information content (AvgIpc) is 3.10. The molecule has 8 heteroatoms. The van der Waals surface area contributed by atoms with Crippen LogP contribution in [-0.2, 0) is 11.3 Å². The summed E-state index contributed by atoms with van der Waals surface area (Å²) in [6.45, 7) is 12.0. The van der Waals surface area contributed by atoms with Crippen molar-refractivity contribution in [3.63, 3.8) is 0 Å². The number of hydrogen-bond acceptors (Lipinski definition) is 5. The smallest absolute Gasteiger partial charge is 0.209 e. The van der Waals surface area contributed by atoms with Crippen LogP contribution >= 0.6 is 11.6 Å². The molecule has 0 bridgehead atoms. The van der Waals surface area contributed by atoms with Gasteiger partial charge in [0.05, 0.1) is 39.3 Å². The molecule has 27 heavy (non-hydrogen) atoms. The van der Waals surface area contributed by atoms with Crippen LogP contribution in [0.4, 0.5) is 5.69 Å². The zero-order valence-electron chi connectivity index (χ0n) is 16.7. The van der Waals surface area contributed by atoms with Gasteiger partial charge in [0.25, 0.3) is 0 Å². The Bertz CT molecular complexity index is 742. The van der Waals surface area contributed by atoms with Crippen molar-refractivity contribution in [3.8, 4) is 0 Å². The highest BCUT2D eigenvalue weighted by atomic mass is 35.5. The molecule has 0 unspecified atom stereocenters. The highest BCUT2D eigenvalue weighted by molar-refractivity contribution is 6.30. The van der Waals surface area contributed by atoms with Crippen molar-refractivity contribution in [2.24, 2.45) is 5.92 Å². The van der Waals surface area contributed by atoms with Gasteiger partial charge < -0.3 is 14.5 Å². The first kappa shape index (κ1) is 20.0. The van der Waals surface area contributed by atoms with E-state index >= 15 is 0 Å². The van der Waals surface area contributed by atoms with E-state index < -0.39 is 0 Å². The number of nitrogens with zero attached hydrogens (tertiary/aromatic N) is 5. The molecule has 0 spiro atoms. The molecule has 3 rings (SSSR count). The first-order chi connectivity index (χ1) is 13.0. The Balaban J connectivity index is 1.73. The van der Waals surface area contributed by atoms with E-state index in [1.807, 2.05) is 10.7 Å². The van der Waals surface area contributed by atoms with Crippen LogP contribution in [0.5, 0.6) is 0 Å². The van der Waals surface area contributed by atoms with Gasteiger partial charge in [-0.3, -0.25) is 0 Å². The highest BCUT2D eigenvalue weighted by Crippen LogP contribution is 2.25. The van der Waals surface area contributed by atoms with E-state index in [4.69, 9.17) is 16.3 Å². The van der Waals surface area contributed by atoms with Crippen molar-refractivity contribution in [1.82, 2.24) is 20.2 Å². The first-order valence-electron chi connectivity index (χ1n) is 9.62. The molecular weight excluding hydrogens is 364 g/mol. The summed E-state index contributed by atoms with van der Waals surface area (Å²) in [6.07, 6.45) is 0. The monoisotopic (exact) mass is 393 g/mol. The molecule has 0 amide bonds. The molecule has 0 saturated carbocycles. The zero-order valence-corrected chi connectivity index (χ0v) is 17.4. The largest absolute Gasteiger partial charge is 0.383 e. The second-order valence-electron chi connectivity index (χ2n) is 7.55. The van der Waals surface area contributed by atoms with Crippen molar-refractivity contribution >= 4 is 17.3 Å². The number of hydrogen-bond donors (Lipinski definition) is 1. The van der Waals surface area contributed by atoms with Crippen molar-refractivity contribution < 1.29 is 9.64 Å². The molecule has 1 saturated heterocycles. The van der Waals surface area contributed by atoms with E-state index in [-0.39, 0.29) is 6.04 Å². The van der Waals surface area contributed by atoms with Crippen molar-refractivity contribution in [3.05, 3.63) is 34.6 Å². The topological polar surface area (TPSA) is 60.5 Å². The summed E-state index contributed by atoms with van der Waals surface area (Å²) in [5, 5.41) is 13.3. The second kappa shape index (κ2) is 8.99. The van der Waals surface area contributed by atoms with Gasteiger partial charge in [-0.05, 0) is 35.0 Å². The second-order valence-corrected chi connectivity index (χ2v) is 7.99. The van der Waals surface area contributed by atoms with Crippen LogP contribution in [0.1, 0.15) is 31.3 Å². The fraction of sp³-hybridized carbons (Fsp3) is 0.632. The Morgan fingerprint density at radius 2 is 2.00 bits per heavy atom. The summed E-state index contributed by atoms with van der Waals surface area (Å²) < 4.78 is 7.10. The molecule has 7 nitrogen and oxygen atoms in total. The lowest BCUT2D eigenvalue weighted by Gasteiger charge is -2.38. The molecule has 0 radical (unpaired) electrons. The Hall–Kier alpha value is -1.70. The van der Waals surface area contributed by atoms with Gasteiger partial charge in [-0.15, -0.1) is 5.10 Å². The van der Waals surface area contributed by atoms with E-state index in [9.17, 15) is 0 Å². The normalized spacial score (nSPS) is 16.9. The molecule has 1 aromatic carbocycles. The van der Waals surface area contributed by atoms with E-state index in [0.29, 0.717) is 19.1 Å². The fourth-order valence-electron chi connectivity index (χ4n) is 3.99. The number of benzene rings is 1. The summed E-state index contributed by atoms with van der Waals surface area (Å²) in [6, 6.07) is 6.40. The van der Waals surface area contributed by atoms with Gasteiger partial charge in [0.1, 0.15) is 0 Å². The number of quaternary nitrogens is 1. The Labute approximate surface area is 166 Å². The minimum atomic E-state index is 0.277. The molecule has 2 aromatic rings. The Kier molecular flexibility index (Phi) is 6.68. The number of tetrazole rings is 1. The molecule has 1 aliphatic rings. The van der Waals surface area contributed by atoms with Crippen molar-refractivity contribution in [2.75, 3.05) is 44.8 Å². The summed E-state index contributed by atoms with van der Waals surface area (Å²) in [7, 11) is 1.70. The van der Waals surface area contributed by atoms with Gasteiger partial charge in [-0.2, -0.15) is 0 Å². The third kappa shape index (κ3) is 4.59. The van der Waals surface area contributed by atoms with Crippen molar-refractivity contribution in [2.45, 2.75) is 33.4 Å². The van der Waals surface area contributed by atoms with Crippen molar-refractivity contribution in [1.29, 1.82) is 0 Å². The maximum absolute atomic E-state index is 6.22. The van der Waals surface area contributed by atoms with Gasteiger partial charge in [-0.25, -0.2) is 4.68 Å². The van der Waals surface area contributed by atoms with Gasteiger partial charge in [0.2, 0.25) is 5.82 Å². The first-order valence-corrected chi connectivity index (χ1v) is 9.99. The Morgan fingerprint density at radius 1 is 1.26 bits per heavy atom. The molecule has 2 heterocycles. The van der Waals surface area contributed by atoms with Gasteiger partial charge >= 0.3 is 0 Å². The molecular formula is C19H30ClN6O+. The molecule has 1 N–H and O–H groups in total. The number of rotatable bonds is 7. The minimum absolute atomic E-state index is 0.277. The van der Waals surface area contributed by atoms with Gasteiger partial charge in [0.15, 0.2) is 6.04 Å². The van der Waals surface area contributed by atoms with Crippen LogP contribution in [-0.4, -0.2) is 60.1 Å². The lowest BCUT2D eigenvalue weighted by Crippen LogP contribution is -3.15. The number of ether oxygens (including phenoxy) is 1. The van der Waals surface area contributed by atoms with Crippen LogP contribution in [0.25, 0.3) is 0 Å². The SMILES string of the molecule is COCCn1nnnc1[C@@H](C(C)C)[NH+]1CCN(c2cc(Cl)ccc2C)CC1. The Morgan fingerprint density at radius 3 is 2.67 bits per heavy atom. The van der Waals surface area contributed by atoms with Crippen LogP contribution in [0, 0.1) is 12.8 Å². The molecule has 148 valence electrons. The van der Waals surface area contributed by atoms with Gasteiger partial charge in [0, 0.05) is 23.7 Å². The highest BCUT2D eigenvalue weighted by Gasteiger charge is 2.35. The third-order valence-electron chi connectivity index (χ3n) is 5.37. The molecule has 1 aliphatic heterocycles. The lowest BCUT2D eigenvalue weighted by molar-refractivity contribution is -0.937. The standard InChI is InChI=1S/C19H29ClN6O/c1-14(2)18(19-21-22-23-26(19)11-12-27-4)25-9-7-24(8-10-25)17-13-16(20)6-5-15(17)3/h5-6,13-14,18H,7-12H2,1-4H3/p+1/t18-/m1/s1. The van der Waals surface area contributed by atoms with Crippen LogP contribution < -0.4 is 9.80 Å². The van der Waals surface area contributed by atoms with E-state index in [2.05, 4.69) is 53.3 Å². The number of halogens is 1. The summed E-state index contributed by atoms with van der Waals surface area (Å²) in [4.78, 5) is 3.98. The molecule has 0 aliphatic carbocycles. The predicted molar refractivity (Wildman–Crippen MR) is 106 cm³/mol. The number of aryl methyl sites for hydroxylation is 1. The lowest BCUT2D eigenvalue weighted by atomic mass is 10.0. The summed E-state index contributed by atoms with van der Waals surface area (Å²) in [5.41, 5.74) is 2.51. The maximum atomic E-state index is 6.22. The molecule has 1 fully saturated rings. The van der Waals surface area contributed by atoms with Crippen LogP contribution in [0.15, 0.2) is 18.2 Å². The minimum Gasteiger partial charge on any atom is -0.383 e. The summed E-state index contributed by atoms with van der Waals surface area (Å²) in [5.74, 6) is 1.41. The average molecular weight is 394 g/mol. The van der Waals surface area contributed by atoms with Gasteiger partial charge in [-0.1, -0.05) is 31.5 Å². The summed E-state index contributed by atoms with van der Waals surface area (Å²) >= 11 is 6.22. The van der Waals surface area contributed by atoms with E-state index in [1.54, 1.807) is 7.11 Å². The number of aromatic nitrogens is 4. The number of nitrogens with one attached hydrogen (secondary N) is 1. The number of methoxy groups -OCH3 is 1. The van der Waals surface area contributed by atoms with Crippen LogP contribution in [0.3, 0.4) is 0 Å². The number of anilines is 1.